The highest BCUT2D eigenvalue weighted by Gasteiger charge is 2.14. The third kappa shape index (κ3) is 5.55. The zero-order valence-corrected chi connectivity index (χ0v) is 12.6. The lowest BCUT2D eigenvalue weighted by Gasteiger charge is -2.21. The summed E-state index contributed by atoms with van der Waals surface area (Å²) >= 11 is 5.88. The van der Waals surface area contributed by atoms with Gasteiger partial charge < -0.3 is 14.4 Å². The summed E-state index contributed by atoms with van der Waals surface area (Å²) < 4.78 is 10.5. The maximum Gasteiger partial charge on any atom is 0.322 e. The molecule has 0 atom stereocenters. The lowest BCUT2D eigenvalue weighted by Crippen LogP contribution is -2.30. The van der Waals surface area contributed by atoms with Crippen molar-refractivity contribution < 1.29 is 9.47 Å². The summed E-state index contributed by atoms with van der Waals surface area (Å²) in [5, 5.41) is 8.76. The number of rotatable bonds is 8. The number of aromatic nitrogens is 3. The van der Waals surface area contributed by atoms with E-state index in [1.54, 1.807) is 7.11 Å². The summed E-state index contributed by atoms with van der Waals surface area (Å²) in [5.74, 6) is 0.382. The van der Waals surface area contributed by atoms with Crippen LogP contribution in [0.4, 0.5) is 5.95 Å². The fourth-order valence-corrected chi connectivity index (χ4v) is 1.57. The zero-order valence-electron chi connectivity index (χ0n) is 11.8. The quantitative estimate of drug-likeness (QED) is 0.722. The van der Waals surface area contributed by atoms with Gasteiger partial charge in [-0.05, 0) is 25.4 Å². The number of halogens is 1. The molecule has 110 valence electrons. The van der Waals surface area contributed by atoms with Gasteiger partial charge in [0, 0.05) is 20.2 Å². The molecule has 0 aromatic carbocycles. The molecule has 0 bridgehead atoms. The van der Waals surface area contributed by atoms with Crippen molar-refractivity contribution in [1.29, 1.82) is 5.26 Å². The molecule has 20 heavy (non-hydrogen) atoms. The van der Waals surface area contributed by atoms with E-state index in [1.165, 1.54) is 0 Å². The second-order valence-electron chi connectivity index (χ2n) is 4.24. The second kappa shape index (κ2) is 8.51. The van der Waals surface area contributed by atoms with Crippen LogP contribution in [-0.2, 0) is 4.74 Å². The van der Waals surface area contributed by atoms with Crippen molar-refractivity contribution in [1.82, 2.24) is 15.0 Å². The van der Waals surface area contributed by atoms with Crippen molar-refractivity contribution in [2.75, 3.05) is 31.7 Å². The van der Waals surface area contributed by atoms with Crippen LogP contribution >= 0.6 is 11.6 Å². The van der Waals surface area contributed by atoms with Gasteiger partial charge in [0.2, 0.25) is 11.2 Å². The summed E-state index contributed by atoms with van der Waals surface area (Å²) in [4.78, 5) is 14.0. The highest BCUT2D eigenvalue weighted by Crippen LogP contribution is 2.16. The van der Waals surface area contributed by atoms with Crippen LogP contribution in [0.5, 0.6) is 6.01 Å². The first-order valence-electron chi connectivity index (χ1n) is 6.26. The Morgan fingerprint density at radius 2 is 2.05 bits per heavy atom. The molecule has 0 N–H and O–H groups in total. The predicted octanol–water partition coefficient (Wildman–Crippen LogP) is 1.68. The molecule has 0 fully saturated rings. The molecular formula is C12H18ClN5O2. The molecule has 0 unspecified atom stereocenters. The Kier molecular flexibility index (Phi) is 6.98. The fourth-order valence-electron chi connectivity index (χ4n) is 1.43. The first-order chi connectivity index (χ1) is 9.56. The molecule has 8 heteroatoms. The van der Waals surface area contributed by atoms with E-state index in [2.05, 4.69) is 21.0 Å². The number of ether oxygens (including phenoxy) is 2. The topological polar surface area (TPSA) is 84.2 Å². The Morgan fingerprint density at radius 1 is 1.30 bits per heavy atom. The molecule has 0 amide bonds. The van der Waals surface area contributed by atoms with Crippen molar-refractivity contribution in [2.45, 2.75) is 26.4 Å². The maximum absolute atomic E-state index is 8.70. The van der Waals surface area contributed by atoms with Gasteiger partial charge >= 0.3 is 6.01 Å². The monoisotopic (exact) mass is 299 g/mol. The smallest absolute Gasteiger partial charge is 0.322 e. The van der Waals surface area contributed by atoms with Gasteiger partial charge in [0.1, 0.15) is 0 Å². The van der Waals surface area contributed by atoms with Gasteiger partial charge in [0.05, 0.1) is 25.2 Å². The Balaban J connectivity index is 2.92. The average Bonchev–Trinajstić information content (AvgIpc) is 2.37. The van der Waals surface area contributed by atoms with Gasteiger partial charge in [0.15, 0.2) is 0 Å². The Labute approximate surface area is 123 Å². The number of hydrogen-bond donors (Lipinski definition) is 0. The summed E-state index contributed by atoms with van der Waals surface area (Å²) in [6, 6.07) is 2.26. The summed E-state index contributed by atoms with van der Waals surface area (Å²) in [5.41, 5.74) is 0. The summed E-state index contributed by atoms with van der Waals surface area (Å²) in [7, 11) is 1.61. The molecule has 1 aromatic rings. The SMILES string of the molecule is COCCN(CCC#N)c1nc(Cl)nc(OC(C)C)n1. The molecule has 0 radical (unpaired) electrons. The van der Waals surface area contributed by atoms with E-state index in [1.807, 2.05) is 18.7 Å². The van der Waals surface area contributed by atoms with Crippen LogP contribution < -0.4 is 9.64 Å². The third-order valence-electron chi connectivity index (χ3n) is 2.26. The minimum Gasteiger partial charge on any atom is -0.461 e. The van der Waals surface area contributed by atoms with Gasteiger partial charge in [-0.1, -0.05) is 0 Å². The Hall–Kier alpha value is -1.65. The van der Waals surface area contributed by atoms with E-state index >= 15 is 0 Å². The predicted molar refractivity (Wildman–Crippen MR) is 74.9 cm³/mol. The summed E-state index contributed by atoms with van der Waals surface area (Å²) in [6.45, 7) is 5.28. The zero-order chi connectivity index (χ0) is 15.0. The number of hydrogen-bond acceptors (Lipinski definition) is 7. The van der Waals surface area contributed by atoms with Crippen LogP contribution in [-0.4, -0.2) is 47.9 Å². The molecule has 0 aliphatic rings. The molecule has 1 heterocycles. The van der Waals surface area contributed by atoms with E-state index in [4.69, 9.17) is 26.3 Å². The summed E-state index contributed by atoms with van der Waals surface area (Å²) in [6.07, 6.45) is 0.292. The normalized spacial score (nSPS) is 10.4. The van der Waals surface area contributed by atoms with Gasteiger partial charge in [0.25, 0.3) is 0 Å². The highest BCUT2D eigenvalue weighted by molar-refractivity contribution is 6.28. The maximum atomic E-state index is 8.70. The first-order valence-corrected chi connectivity index (χ1v) is 6.63. The number of methoxy groups -OCH3 is 1. The third-order valence-corrected chi connectivity index (χ3v) is 2.43. The second-order valence-corrected chi connectivity index (χ2v) is 4.58. The van der Waals surface area contributed by atoms with Crippen molar-refractivity contribution >= 4 is 17.5 Å². The van der Waals surface area contributed by atoms with Crippen LogP contribution in [0.15, 0.2) is 0 Å². The minimum atomic E-state index is -0.0622. The van der Waals surface area contributed by atoms with E-state index in [0.29, 0.717) is 32.1 Å². The molecule has 0 saturated carbocycles. The minimum absolute atomic E-state index is 0.0602. The van der Waals surface area contributed by atoms with Gasteiger partial charge in [-0.25, -0.2) is 0 Å². The number of nitrogens with zero attached hydrogens (tertiary/aromatic N) is 5. The first kappa shape index (κ1) is 16.4. The van der Waals surface area contributed by atoms with E-state index in [-0.39, 0.29) is 17.4 Å². The van der Waals surface area contributed by atoms with Crippen molar-refractivity contribution in [3.8, 4) is 12.1 Å². The fraction of sp³-hybridized carbons (Fsp3) is 0.667. The molecule has 0 saturated heterocycles. The Bertz CT molecular complexity index is 464. The van der Waals surface area contributed by atoms with E-state index in [0.717, 1.165) is 0 Å². The van der Waals surface area contributed by atoms with Gasteiger partial charge in [-0.15, -0.1) is 0 Å². The average molecular weight is 300 g/mol. The van der Waals surface area contributed by atoms with E-state index in [9.17, 15) is 0 Å². The highest BCUT2D eigenvalue weighted by atomic mass is 35.5. The van der Waals surface area contributed by atoms with Crippen molar-refractivity contribution in [3.05, 3.63) is 5.28 Å². The molecule has 0 spiro atoms. The molecule has 0 aliphatic heterocycles. The van der Waals surface area contributed by atoms with Crippen molar-refractivity contribution in [2.24, 2.45) is 0 Å². The lowest BCUT2D eigenvalue weighted by atomic mass is 10.4. The number of anilines is 1. The molecule has 1 aromatic heterocycles. The van der Waals surface area contributed by atoms with Crippen molar-refractivity contribution in [3.63, 3.8) is 0 Å². The van der Waals surface area contributed by atoms with Crippen LogP contribution in [0.25, 0.3) is 0 Å². The molecule has 7 nitrogen and oxygen atoms in total. The van der Waals surface area contributed by atoms with E-state index < -0.39 is 0 Å². The van der Waals surface area contributed by atoms with Crippen LogP contribution in [0.3, 0.4) is 0 Å². The molecular weight excluding hydrogens is 282 g/mol. The van der Waals surface area contributed by atoms with Gasteiger partial charge in [-0.3, -0.25) is 0 Å². The van der Waals surface area contributed by atoms with Gasteiger partial charge in [-0.2, -0.15) is 20.2 Å². The molecule has 1 rings (SSSR count). The standard InChI is InChI=1S/C12H18ClN5O2/c1-9(2)20-12-16-10(13)15-11(17-12)18(6-4-5-14)7-8-19-3/h9H,4,6-8H2,1-3H3. The van der Waals surface area contributed by atoms with Crippen LogP contribution in [0.1, 0.15) is 20.3 Å². The lowest BCUT2D eigenvalue weighted by molar-refractivity contribution is 0.204. The van der Waals surface area contributed by atoms with Crippen LogP contribution in [0, 0.1) is 11.3 Å². The largest absolute Gasteiger partial charge is 0.461 e. The molecule has 0 aliphatic carbocycles. The Morgan fingerprint density at radius 3 is 2.65 bits per heavy atom. The van der Waals surface area contributed by atoms with Crippen LogP contribution in [0.2, 0.25) is 5.28 Å². The number of nitriles is 1.